The van der Waals surface area contributed by atoms with E-state index in [0.717, 1.165) is 45.5 Å². The van der Waals surface area contributed by atoms with E-state index in [1.165, 1.54) is 12.8 Å². The molecule has 5 nitrogen and oxygen atoms in total. The van der Waals surface area contributed by atoms with Gasteiger partial charge in [-0.25, -0.2) is 0 Å². The summed E-state index contributed by atoms with van der Waals surface area (Å²) in [6.07, 6.45) is 5.73. The van der Waals surface area contributed by atoms with Gasteiger partial charge in [-0.15, -0.1) is 0 Å². The van der Waals surface area contributed by atoms with Crippen LogP contribution in [0.5, 0.6) is 0 Å². The van der Waals surface area contributed by atoms with E-state index < -0.39 is 0 Å². The first-order valence-electron chi connectivity index (χ1n) is 7.46. The Balaban J connectivity index is 2.22. The van der Waals surface area contributed by atoms with Gasteiger partial charge in [-0.05, 0) is 52.2 Å². The molecule has 2 atom stereocenters. The SMILES string of the molecule is CCCNC(CCN(C)CC1CCCCO1)C(N)=O. The Morgan fingerprint density at radius 1 is 1.53 bits per heavy atom. The summed E-state index contributed by atoms with van der Waals surface area (Å²) in [6.45, 7) is 5.62. The van der Waals surface area contributed by atoms with Crippen LogP contribution < -0.4 is 11.1 Å². The number of amides is 1. The van der Waals surface area contributed by atoms with Gasteiger partial charge in [0.1, 0.15) is 0 Å². The molecule has 0 radical (unpaired) electrons. The number of hydrogen-bond acceptors (Lipinski definition) is 4. The van der Waals surface area contributed by atoms with Crippen molar-refractivity contribution in [2.45, 2.75) is 51.2 Å². The highest BCUT2D eigenvalue weighted by Crippen LogP contribution is 2.13. The van der Waals surface area contributed by atoms with E-state index in [9.17, 15) is 4.79 Å². The lowest BCUT2D eigenvalue weighted by Gasteiger charge is -2.28. The average molecular weight is 271 g/mol. The van der Waals surface area contributed by atoms with Gasteiger partial charge in [0.05, 0.1) is 12.1 Å². The van der Waals surface area contributed by atoms with Crippen LogP contribution in [-0.2, 0) is 9.53 Å². The zero-order chi connectivity index (χ0) is 14.1. The largest absolute Gasteiger partial charge is 0.377 e. The van der Waals surface area contributed by atoms with Crippen LogP contribution in [0.3, 0.4) is 0 Å². The van der Waals surface area contributed by atoms with Crippen LogP contribution in [0.1, 0.15) is 39.0 Å². The fourth-order valence-corrected chi connectivity index (χ4v) is 2.40. The van der Waals surface area contributed by atoms with Crippen molar-refractivity contribution >= 4 is 5.91 Å². The lowest BCUT2D eigenvalue weighted by molar-refractivity contribution is -0.120. The molecule has 0 aromatic carbocycles. The molecule has 1 saturated heterocycles. The van der Waals surface area contributed by atoms with Gasteiger partial charge in [-0.2, -0.15) is 0 Å². The van der Waals surface area contributed by atoms with Crippen LogP contribution in [0.25, 0.3) is 0 Å². The Morgan fingerprint density at radius 3 is 2.89 bits per heavy atom. The molecule has 0 aromatic heterocycles. The van der Waals surface area contributed by atoms with E-state index in [1.807, 2.05) is 0 Å². The predicted octanol–water partition coefficient (Wildman–Crippen LogP) is 0.731. The van der Waals surface area contributed by atoms with Gasteiger partial charge in [0.25, 0.3) is 0 Å². The molecule has 5 heteroatoms. The molecule has 0 bridgehead atoms. The molecule has 2 unspecified atom stereocenters. The Bertz CT molecular complexity index is 255. The molecule has 1 aliphatic rings. The highest BCUT2D eigenvalue weighted by Gasteiger charge is 2.18. The van der Waals surface area contributed by atoms with E-state index in [0.29, 0.717) is 6.10 Å². The molecule has 0 aliphatic carbocycles. The van der Waals surface area contributed by atoms with E-state index >= 15 is 0 Å². The van der Waals surface area contributed by atoms with Gasteiger partial charge >= 0.3 is 0 Å². The highest BCUT2D eigenvalue weighted by molar-refractivity contribution is 5.79. The second-order valence-corrected chi connectivity index (χ2v) is 5.45. The van der Waals surface area contributed by atoms with E-state index in [1.54, 1.807) is 0 Å². The summed E-state index contributed by atoms with van der Waals surface area (Å²) < 4.78 is 5.72. The lowest BCUT2D eigenvalue weighted by atomic mass is 10.1. The standard InChI is InChI=1S/C14H29N3O2/c1-3-8-16-13(14(15)18)7-9-17(2)11-12-6-4-5-10-19-12/h12-13,16H,3-11H2,1-2H3,(H2,15,18). The zero-order valence-electron chi connectivity index (χ0n) is 12.4. The number of carbonyl (C=O) groups is 1. The molecule has 1 fully saturated rings. The molecule has 1 heterocycles. The number of nitrogens with zero attached hydrogens (tertiary/aromatic N) is 1. The minimum atomic E-state index is -0.254. The molecule has 1 amide bonds. The number of likely N-dealkylation sites (N-methyl/N-ethyl adjacent to an activating group) is 1. The number of hydrogen-bond donors (Lipinski definition) is 2. The van der Waals surface area contributed by atoms with E-state index in [-0.39, 0.29) is 11.9 Å². The Morgan fingerprint density at radius 2 is 2.32 bits per heavy atom. The first-order chi connectivity index (χ1) is 9.13. The quantitative estimate of drug-likeness (QED) is 0.649. The summed E-state index contributed by atoms with van der Waals surface area (Å²) in [5.74, 6) is -0.254. The average Bonchev–Trinajstić information content (AvgIpc) is 2.39. The van der Waals surface area contributed by atoms with Crippen molar-refractivity contribution in [2.75, 3.05) is 33.3 Å². The third kappa shape index (κ3) is 6.89. The molecule has 0 aromatic rings. The summed E-state index contributed by atoms with van der Waals surface area (Å²) >= 11 is 0. The number of primary amides is 1. The van der Waals surface area contributed by atoms with Crippen molar-refractivity contribution in [3.63, 3.8) is 0 Å². The van der Waals surface area contributed by atoms with Gasteiger partial charge in [-0.1, -0.05) is 6.92 Å². The number of nitrogens with two attached hydrogens (primary N) is 1. The third-order valence-corrected chi connectivity index (χ3v) is 3.57. The van der Waals surface area contributed by atoms with Crippen molar-refractivity contribution in [1.29, 1.82) is 0 Å². The van der Waals surface area contributed by atoms with Crippen LogP contribution >= 0.6 is 0 Å². The molecule has 1 rings (SSSR count). The normalized spacial score (nSPS) is 21.5. The fraction of sp³-hybridized carbons (Fsp3) is 0.929. The minimum Gasteiger partial charge on any atom is -0.377 e. The third-order valence-electron chi connectivity index (χ3n) is 3.57. The Kier molecular flexibility index (Phi) is 8.02. The molecule has 0 saturated carbocycles. The van der Waals surface area contributed by atoms with Crippen LogP contribution in [-0.4, -0.2) is 56.2 Å². The summed E-state index contributed by atoms with van der Waals surface area (Å²) in [4.78, 5) is 13.6. The first kappa shape index (κ1) is 16.4. The summed E-state index contributed by atoms with van der Waals surface area (Å²) in [5.41, 5.74) is 5.40. The second-order valence-electron chi connectivity index (χ2n) is 5.45. The van der Waals surface area contributed by atoms with Crippen molar-refractivity contribution < 1.29 is 9.53 Å². The van der Waals surface area contributed by atoms with Crippen molar-refractivity contribution in [3.05, 3.63) is 0 Å². The monoisotopic (exact) mass is 271 g/mol. The topological polar surface area (TPSA) is 67.6 Å². The predicted molar refractivity (Wildman–Crippen MR) is 77.0 cm³/mol. The maximum atomic E-state index is 11.3. The minimum absolute atomic E-state index is 0.213. The van der Waals surface area contributed by atoms with Crippen LogP contribution in [0, 0.1) is 0 Å². The maximum absolute atomic E-state index is 11.3. The van der Waals surface area contributed by atoms with Crippen molar-refractivity contribution in [2.24, 2.45) is 5.73 Å². The Hall–Kier alpha value is -0.650. The second kappa shape index (κ2) is 9.28. The van der Waals surface area contributed by atoms with E-state index in [2.05, 4.69) is 24.2 Å². The molecular formula is C14H29N3O2. The maximum Gasteiger partial charge on any atom is 0.234 e. The summed E-state index contributed by atoms with van der Waals surface area (Å²) in [5, 5.41) is 3.20. The fourth-order valence-electron chi connectivity index (χ4n) is 2.40. The molecule has 19 heavy (non-hydrogen) atoms. The number of rotatable bonds is 9. The molecule has 3 N–H and O–H groups in total. The van der Waals surface area contributed by atoms with E-state index in [4.69, 9.17) is 10.5 Å². The van der Waals surface area contributed by atoms with Gasteiger partial charge in [0, 0.05) is 13.2 Å². The van der Waals surface area contributed by atoms with Crippen molar-refractivity contribution in [3.8, 4) is 0 Å². The summed E-state index contributed by atoms with van der Waals surface area (Å²) in [6, 6.07) is -0.213. The van der Waals surface area contributed by atoms with Crippen molar-refractivity contribution in [1.82, 2.24) is 10.2 Å². The number of nitrogens with one attached hydrogen (secondary N) is 1. The molecular weight excluding hydrogens is 242 g/mol. The number of ether oxygens (including phenoxy) is 1. The highest BCUT2D eigenvalue weighted by atomic mass is 16.5. The molecule has 1 aliphatic heterocycles. The number of carbonyl (C=O) groups excluding carboxylic acids is 1. The molecule has 0 spiro atoms. The lowest BCUT2D eigenvalue weighted by Crippen LogP contribution is -2.44. The van der Waals surface area contributed by atoms with Gasteiger partial charge in [-0.3, -0.25) is 4.79 Å². The molecule has 112 valence electrons. The van der Waals surface area contributed by atoms with Gasteiger partial charge in [0.2, 0.25) is 5.91 Å². The van der Waals surface area contributed by atoms with Crippen LogP contribution in [0.4, 0.5) is 0 Å². The van der Waals surface area contributed by atoms with Gasteiger partial charge < -0.3 is 20.7 Å². The van der Waals surface area contributed by atoms with Crippen LogP contribution in [0.15, 0.2) is 0 Å². The van der Waals surface area contributed by atoms with Gasteiger partial charge in [0.15, 0.2) is 0 Å². The summed E-state index contributed by atoms with van der Waals surface area (Å²) in [7, 11) is 2.08. The smallest absolute Gasteiger partial charge is 0.234 e. The van der Waals surface area contributed by atoms with Crippen LogP contribution in [0.2, 0.25) is 0 Å². The zero-order valence-corrected chi connectivity index (χ0v) is 12.4. The Labute approximate surface area is 116 Å². The first-order valence-corrected chi connectivity index (χ1v) is 7.46.